The topological polar surface area (TPSA) is 65.4 Å². The lowest BCUT2D eigenvalue weighted by Gasteiger charge is -2.34. The van der Waals surface area contributed by atoms with Crippen molar-refractivity contribution in [3.8, 4) is 11.8 Å². The van der Waals surface area contributed by atoms with Crippen molar-refractivity contribution in [2.75, 3.05) is 14.2 Å². The summed E-state index contributed by atoms with van der Waals surface area (Å²) in [5.74, 6) is 0.729. The fourth-order valence-electron chi connectivity index (χ4n) is 3.16. The van der Waals surface area contributed by atoms with Gasteiger partial charge in [-0.15, -0.1) is 0 Å². The zero-order valence-electron chi connectivity index (χ0n) is 14.8. The van der Waals surface area contributed by atoms with Gasteiger partial charge in [-0.3, -0.25) is 9.69 Å². The molecule has 130 valence electrons. The number of likely N-dealkylation sites (N-methyl/N-ethyl adjacent to an activating group) is 1. The number of nitriles is 1. The number of amides is 1. The van der Waals surface area contributed by atoms with Gasteiger partial charge in [0.2, 0.25) is 5.91 Å². The molecule has 2 rings (SSSR count). The first-order valence-electron chi connectivity index (χ1n) is 8.56. The van der Waals surface area contributed by atoms with Gasteiger partial charge in [0, 0.05) is 6.54 Å². The smallest absolute Gasteiger partial charge is 0.238 e. The Morgan fingerprint density at radius 3 is 2.75 bits per heavy atom. The highest BCUT2D eigenvalue weighted by Crippen LogP contribution is 2.27. The summed E-state index contributed by atoms with van der Waals surface area (Å²) in [7, 11) is 3.56. The molecule has 0 bridgehead atoms. The molecule has 0 aliphatic heterocycles. The van der Waals surface area contributed by atoms with E-state index in [1.165, 1.54) is 0 Å². The third-order valence-electron chi connectivity index (χ3n) is 4.89. The molecule has 24 heavy (non-hydrogen) atoms. The number of ether oxygens (including phenoxy) is 1. The summed E-state index contributed by atoms with van der Waals surface area (Å²) in [6, 6.07) is 9.87. The quantitative estimate of drug-likeness (QED) is 0.871. The van der Waals surface area contributed by atoms with Crippen LogP contribution in [0.1, 0.15) is 44.6 Å². The molecule has 1 unspecified atom stereocenters. The molecule has 0 saturated heterocycles. The largest absolute Gasteiger partial charge is 0.497 e. The third-order valence-corrected chi connectivity index (χ3v) is 4.89. The summed E-state index contributed by atoms with van der Waals surface area (Å²) >= 11 is 0. The van der Waals surface area contributed by atoms with Gasteiger partial charge in [0.25, 0.3) is 0 Å². The number of methoxy groups -OCH3 is 1. The molecule has 1 amide bonds. The molecule has 5 heteroatoms. The van der Waals surface area contributed by atoms with Crippen LogP contribution in [0, 0.1) is 11.3 Å². The summed E-state index contributed by atoms with van der Waals surface area (Å²) in [6.45, 7) is 2.52. The second-order valence-corrected chi connectivity index (χ2v) is 6.69. The predicted octanol–water partition coefficient (Wildman–Crippen LogP) is 2.86. The normalized spacial score (nSPS) is 17.8. The SMILES string of the molecule is COc1cccc(CN(C)C(C)C(=O)NC2(C#N)CCCCC2)c1. The van der Waals surface area contributed by atoms with Gasteiger partial charge in [-0.2, -0.15) is 5.26 Å². The Kier molecular flexibility index (Phi) is 6.22. The van der Waals surface area contributed by atoms with Gasteiger partial charge in [0.1, 0.15) is 11.3 Å². The number of hydrogen-bond donors (Lipinski definition) is 1. The first kappa shape index (κ1) is 18.3. The van der Waals surface area contributed by atoms with Gasteiger partial charge < -0.3 is 10.1 Å². The van der Waals surface area contributed by atoms with E-state index < -0.39 is 5.54 Å². The van der Waals surface area contributed by atoms with Crippen molar-refractivity contribution in [2.45, 2.75) is 57.2 Å². The second kappa shape index (κ2) is 8.16. The standard InChI is InChI=1S/C19H27N3O2/c1-15(18(23)21-19(14-20)10-5-4-6-11-19)22(2)13-16-8-7-9-17(12-16)24-3/h7-9,12,15H,4-6,10-11,13H2,1-3H3,(H,21,23). The molecule has 0 aromatic heterocycles. The number of nitrogens with zero attached hydrogens (tertiary/aromatic N) is 2. The Morgan fingerprint density at radius 1 is 1.42 bits per heavy atom. The maximum absolute atomic E-state index is 12.6. The van der Waals surface area contributed by atoms with E-state index in [-0.39, 0.29) is 11.9 Å². The van der Waals surface area contributed by atoms with Gasteiger partial charge >= 0.3 is 0 Å². The van der Waals surface area contributed by atoms with Crippen LogP contribution in [0.2, 0.25) is 0 Å². The molecule has 1 atom stereocenters. The van der Waals surface area contributed by atoms with Crippen molar-refractivity contribution < 1.29 is 9.53 Å². The van der Waals surface area contributed by atoms with Gasteiger partial charge in [0.15, 0.2) is 0 Å². The van der Waals surface area contributed by atoms with Gasteiger partial charge in [0.05, 0.1) is 19.2 Å². The molecule has 0 spiro atoms. The van der Waals surface area contributed by atoms with Crippen molar-refractivity contribution in [1.82, 2.24) is 10.2 Å². The second-order valence-electron chi connectivity index (χ2n) is 6.69. The minimum absolute atomic E-state index is 0.0798. The van der Waals surface area contributed by atoms with Gasteiger partial charge in [-0.25, -0.2) is 0 Å². The highest BCUT2D eigenvalue weighted by atomic mass is 16.5. The molecular weight excluding hydrogens is 302 g/mol. The molecule has 1 saturated carbocycles. The minimum Gasteiger partial charge on any atom is -0.497 e. The Morgan fingerprint density at radius 2 is 2.12 bits per heavy atom. The summed E-state index contributed by atoms with van der Waals surface area (Å²) in [4.78, 5) is 14.6. The zero-order chi connectivity index (χ0) is 17.6. The molecule has 1 aromatic rings. The van der Waals surface area contributed by atoms with Crippen molar-refractivity contribution in [3.63, 3.8) is 0 Å². The molecule has 0 heterocycles. The molecule has 1 aromatic carbocycles. The van der Waals surface area contributed by atoms with E-state index in [4.69, 9.17) is 4.74 Å². The van der Waals surface area contributed by atoms with Crippen LogP contribution in [0.15, 0.2) is 24.3 Å². The molecule has 1 aliphatic carbocycles. The Hall–Kier alpha value is -2.06. The Balaban J connectivity index is 1.97. The molecule has 5 nitrogen and oxygen atoms in total. The maximum atomic E-state index is 12.6. The van der Waals surface area contributed by atoms with Crippen LogP contribution in [-0.4, -0.2) is 36.5 Å². The van der Waals surface area contributed by atoms with E-state index in [1.54, 1.807) is 7.11 Å². The van der Waals surface area contributed by atoms with E-state index in [2.05, 4.69) is 11.4 Å². The van der Waals surface area contributed by atoms with E-state index >= 15 is 0 Å². The molecular formula is C19H27N3O2. The Bertz CT molecular complexity index is 603. The summed E-state index contributed by atoms with van der Waals surface area (Å²) in [6.07, 6.45) is 4.65. The number of carbonyl (C=O) groups is 1. The van der Waals surface area contributed by atoms with Gasteiger partial charge in [-0.1, -0.05) is 31.4 Å². The molecule has 0 radical (unpaired) electrons. The van der Waals surface area contributed by atoms with Crippen LogP contribution in [0.4, 0.5) is 0 Å². The van der Waals surface area contributed by atoms with Crippen LogP contribution in [0.5, 0.6) is 5.75 Å². The van der Waals surface area contributed by atoms with Gasteiger partial charge in [-0.05, 0) is 44.5 Å². The van der Waals surface area contributed by atoms with Crippen molar-refractivity contribution in [1.29, 1.82) is 5.26 Å². The monoisotopic (exact) mass is 329 g/mol. The fraction of sp³-hybridized carbons (Fsp3) is 0.579. The van der Waals surface area contributed by atoms with E-state index in [0.29, 0.717) is 6.54 Å². The van der Waals surface area contributed by atoms with E-state index in [0.717, 1.165) is 43.4 Å². The number of carbonyl (C=O) groups excluding carboxylic acids is 1. The minimum atomic E-state index is -0.680. The van der Waals surface area contributed by atoms with Crippen molar-refractivity contribution in [3.05, 3.63) is 29.8 Å². The molecule has 1 fully saturated rings. The molecule has 1 N–H and O–H groups in total. The predicted molar refractivity (Wildman–Crippen MR) is 93.5 cm³/mol. The lowest BCUT2D eigenvalue weighted by Crippen LogP contribution is -2.54. The van der Waals surface area contributed by atoms with Crippen LogP contribution < -0.4 is 10.1 Å². The maximum Gasteiger partial charge on any atom is 0.238 e. The van der Waals surface area contributed by atoms with E-state index in [1.807, 2.05) is 43.1 Å². The van der Waals surface area contributed by atoms with Crippen LogP contribution in [0.3, 0.4) is 0 Å². The van der Waals surface area contributed by atoms with Crippen LogP contribution in [-0.2, 0) is 11.3 Å². The van der Waals surface area contributed by atoms with Crippen LogP contribution in [0.25, 0.3) is 0 Å². The fourth-order valence-corrected chi connectivity index (χ4v) is 3.16. The summed E-state index contributed by atoms with van der Waals surface area (Å²) < 4.78 is 5.24. The number of nitrogens with one attached hydrogen (secondary N) is 1. The highest BCUT2D eigenvalue weighted by molar-refractivity contribution is 5.82. The van der Waals surface area contributed by atoms with Crippen molar-refractivity contribution in [2.24, 2.45) is 0 Å². The number of hydrogen-bond acceptors (Lipinski definition) is 4. The molecule has 1 aliphatic rings. The highest BCUT2D eigenvalue weighted by Gasteiger charge is 2.35. The lowest BCUT2D eigenvalue weighted by molar-refractivity contribution is -0.127. The number of benzene rings is 1. The van der Waals surface area contributed by atoms with Crippen molar-refractivity contribution >= 4 is 5.91 Å². The lowest BCUT2D eigenvalue weighted by atomic mass is 9.82. The first-order valence-corrected chi connectivity index (χ1v) is 8.56. The third kappa shape index (κ3) is 4.48. The summed E-state index contributed by atoms with van der Waals surface area (Å²) in [5.41, 5.74) is 0.407. The Labute approximate surface area is 144 Å². The average molecular weight is 329 g/mol. The first-order chi connectivity index (χ1) is 11.5. The van der Waals surface area contributed by atoms with E-state index in [9.17, 15) is 10.1 Å². The average Bonchev–Trinajstić information content (AvgIpc) is 2.61. The number of rotatable bonds is 6. The zero-order valence-corrected chi connectivity index (χ0v) is 14.8. The van der Waals surface area contributed by atoms with Crippen LogP contribution >= 0.6 is 0 Å². The summed E-state index contributed by atoms with van der Waals surface area (Å²) in [5, 5.41) is 12.5.